The van der Waals surface area contributed by atoms with Crippen LogP contribution in [0.3, 0.4) is 0 Å². The van der Waals surface area contributed by atoms with E-state index in [2.05, 4.69) is 4.98 Å². The van der Waals surface area contributed by atoms with Crippen molar-refractivity contribution in [3.8, 4) is 0 Å². The topological polar surface area (TPSA) is 42.1 Å². The second kappa shape index (κ2) is 4.18. The Morgan fingerprint density at radius 2 is 2.25 bits per heavy atom. The second-order valence-corrected chi connectivity index (χ2v) is 3.96. The Labute approximate surface area is 98.4 Å². The van der Waals surface area contributed by atoms with E-state index in [0.717, 1.165) is 16.5 Å². The number of nitrogens with one attached hydrogen (secondary N) is 1. The van der Waals surface area contributed by atoms with Crippen LogP contribution in [0, 0.1) is 6.92 Å². The van der Waals surface area contributed by atoms with Gasteiger partial charge in [0.25, 0.3) is 0 Å². The van der Waals surface area contributed by atoms with Crippen LogP contribution in [-0.2, 0) is 4.74 Å². The number of carbonyl (C=O) groups is 1. The Kier molecular flexibility index (Phi) is 2.88. The number of aromatic nitrogens is 1. The molecule has 0 spiro atoms. The van der Waals surface area contributed by atoms with Crippen LogP contribution in [-0.4, -0.2) is 17.6 Å². The number of aryl methyl sites for hydroxylation is 1. The van der Waals surface area contributed by atoms with E-state index in [-0.39, 0.29) is 5.97 Å². The van der Waals surface area contributed by atoms with E-state index < -0.39 is 0 Å². The Bertz CT molecular complexity index is 506. The summed E-state index contributed by atoms with van der Waals surface area (Å²) in [5, 5.41) is 1.48. The van der Waals surface area contributed by atoms with E-state index in [4.69, 9.17) is 16.3 Å². The Morgan fingerprint density at radius 3 is 2.88 bits per heavy atom. The number of hydrogen-bond acceptors (Lipinski definition) is 2. The quantitative estimate of drug-likeness (QED) is 0.815. The summed E-state index contributed by atoms with van der Waals surface area (Å²) in [7, 11) is 0. The molecule has 1 N–H and O–H groups in total. The number of benzene rings is 1. The molecule has 0 aliphatic rings. The van der Waals surface area contributed by atoms with E-state index in [9.17, 15) is 4.79 Å². The Morgan fingerprint density at radius 1 is 1.50 bits per heavy atom. The molecular weight excluding hydrogens is 226 g/mol. The molecular formula is C12H12ClNO2. The van der Waals surface area contributed by atoms with E-state index in [1.807, 2.05) is 19.1 Å². The van der Waals surface area contributed by atoms with E-state index in [1.54, 1.807) is 13.0 Å². The molecule has 4 heteroatoms. The van der Waals surface area contributed by atoms with Crippen LogP contribution in [0.25, 0.3) is 10.9 Å². The maximum Gasteiger partial charge on any atom is 0.354 e. The highest BCUT2D eigenvalue weighted by atomic mass is 35.5. The van der Waals surface area contributed by atoms with Crippen molar-refractivity contribution in [1.82, 2.24) is 4.98 Å². The molecule has 2 rings (SSSR count). The van der Waals surface area contributed by atoms with Crippen molar-refractivity contribution in [2.75, 3.05) is 6.61 Å². The van der Waals surface area contributed by atoms with Crippen LogP contribution in [0.4, 0.5) is 0 Å². The maximum absolute atomic E-state index is 11.5. The number of H-pyrrole nitrogens is 1. The first kappa shape index (κ1) is 11.0. The van der Waals surface area contributed by atoms with Gasteiger partial charge in [0, 0.05) is 10.4 Å². The lowest BCUT2D eigenvalue weighted by Crippen LogP contribution is -2.04. The predicted octanol–water partition coefficient (Wildman–Crippen LogP) is 3.31. The number of aromatic amines is 1. The minimum atomic E-state index is -0.353. The first-order chi connectivity index (χ1) is 7.63. The minimum absolute atomic E-state index is 0.353. The van der Waals surface area contributed by atoms with Crippen LogP contribution in [0.5, 0.6) is 0 Å². The maximum atomic E-state index is 11.5. The third-order valence-electron chi connectivity index (χ3n) is 2.44. The van der Waals surface area contributed by atoms with Gasteiger partial charge in [-0.1, -0.05) is 17.7 Å². The molecule has 3 nitrogen and oxygen atoms in total. The van der Waals surface area contributed by atoms with Crippen molar-refractivity contribution in [1.29, 1.82) is 0 Å². The summed E-state index contributed by atoms with van der Waals surface area (Å²) in [6.45, 7) is 4.10. The molecule has 0 saturated carbocycles. The smallest absolute Gasteiger partial charge is 0.354 e. The molecule has 1 heterocycles. The van der Waals surface area contributed by atoms with Gasteiger partial charge in [0.1, 0.15) is 5.69 Å². The van der Waals surface area contributed by atoms with Crippen LogP contribution < -0.4 is 0 Å². The molecule has 1 aromatic carbocycles. The second-order valence-electron chi connectivity index (χ2n) is 3.56. The largest absolute Gasteiger partial charge is 0.461 e. The highest BCUT2D eigenvalue weighted by molar-refractivity contribution is 6.35. The number of carbonyl (C=O) groups excluding carboxylic acids is 1. The number of ether oxygens (including phenoxy) is 1. The standard InChI is InChI=1S/C12H12ClNO2/c1-3-16-12(15)10-6-8-9(13)5-4-7(2)11(8)14-10/h4-6,14H,3H2,1-2H3. The van der Waals surface area contributed by atoms with Gasteiger partial charge in [-0.15, -0.1) is 0 Å². The molecule has 0 radical (unpaired) electrons. The molecule has 0 saturated heterocycles. The molecule has 0 unspecified atom stereocenters. The summed E-state index contributed by atoms with van der Waals surface area (Å²) >= 11 is 6.05. The summed E-state index contributed by atoms with van der Waals surface area (Å²) in [4.78, 5) is 14.6. The fourth-order valence-electron chi connectivity index (χ4n) is 1.64. The first-order valence-corrected chi connectivity index (χ1v) is 5.46. The molecule has 1 aromatic heterocycles. The third kappa shape index (κ3) is 1.78. The summed E-state index contributed by atoms with van der Waals surface area (Å²) in [5.74, 6) is -0.353. The van der Waals surface area contributed by atoms with Crippen molar-refractivity contribution < 1.29 is 9.53 Å². The van der Waals surface area contributed by atoms with Crippen molar-refractivity contribution in [3.63, 3.8) is 0 Å². The summed E-state index contributed by atoms with van der Waals surface area (Å²) < 4.78 is 4.92. The number of fused-ring (bicyclic) bond motifs is 1. The molecule has 0 atom stereocenters. The lowest BCUT2D eigenvalue weighted by Gasteiger charge is -1.97. The number of esters is 1. The van der Waals surface area contributed by atoms with Crippen molar-refractivity contribution in [3.05, 3.63) is 34.5 Å². The normalized spacial score (nSPS) is 10.7. The average molecular weight is 238 g/mol. The molecule has 16 heavy (non-hydrogen) atoms. The molecule has 0 aliphatic carbocycles. The summed E-state index contributed by atoms with van der Waals surface area (Å²) in [5.41, 5.74) is 2.37. The minimum Gasteiger partial charge on any atom is -0.461 e. The SMILES string of the molecule is CCOC(=O)c1cc2c(Cl)ccc(C)c2[nH]1. The van der Waals surface area contributed by atoms with Gasteiger partial charge in [0.15, 0.2) is 0 Å². The lowest BCUT2D eigenvalue weighted by atomic mass is 10.2. The zero-order chi connectivity index (χ0) is 11.7. The summed E-state index contributed by atoms with van der Waals surface area (Å²) in [6, 6.07) is 5.46. The van der Waals surface area contributed by atoms with Crippen LogP contribution in [0.2, 0.25) is 5.02 Å². The van der Waals surface area contributed by atoms with Gasteiger partial charge in [-0.05, 0) is 31.5 Å². The van der Waals surface area contributed by atoms with Gasteiger partial charge in [0.2, 0.25) is 0 Å². The fourth-order valence-corrected chi connectivity index (χ4v) is 1.86. The van der Waals surface area contributed by atoms with Crippen LogP contribution in [0.1, 0.15) is 23.0 Å². The lowest BCUT2D eigenvalue weighted by molar-refractivity contribution is 0.0520. The van der Waals surface area contributed by atoms with Crippen molar-refractivity contribution >= 4 is 28.5 Å². The average Bonchev–Trinajstić information content (AvgIpc) is 2.70. The number of hydrogen-bond donors (Lipinski definition) is 1. The highest BCUT2D eigenvalue weighted by Crippen LogP contribution is 2.27. The Hall–Kier alpha value is -1.48. The molecule has 0 amide bonds. The molecule has 0 aliphatic heterocycles. The van der Waals surface area contributed by atoms with E-state index in [1.165, 1.54) is 0 Å². The highest BCUT2D eigenvalue weighted by Gasteiger charge is 2.12. The number of halogens is 1. The van der Waals surface area contributed by atoms with Crippen LogP contribution in [0.15, 0.2) is 18.2 Å². The van der Waals surface area contributed by atoms with Gasteiger partial charge < -0.3 is 9.72 Å². The zero-order valence-corrected chi connectivity index (χ0v) is 9.89. The van der Waals surface area contributed by atoms with E-state index in [0.29, 0.717) is 17.3 Å². The van der Waals surface area contributed by atoms with Crippen molar-refractivity contribution in [2.45, 2.75) is 13.8 Å². The predicted molar refractivity (Wildman–Crippen MR) is 64.0 cm³/mol. The van der Waals surface area contributed by atoms with Crippen molar-refractivity contribution in [2.24, 2.45) is 0 Å². The molecule has 2 aromatic rings. The van der Waals surface area contributed by atoms with Gasteiger partial charge in [-0.2, -0.15) is 0 Å². The molecule has 0 bridgehead atoms. The van der Waals surface area contributed by atoms with E-state index >= 15 is 0 Å². The first-order valence-electron chi connectivity index (χ1n) is 5.08. The van der Waals surface area contributed by atoms with Gasteiger partial charge in [-0.25, -0.2) is 4.79 Å². The number of rotatable bonds is 2. The monoisotopic (exact) mass is 237 g/mol. The Balaban J connectivity index is 2.55. The molecule has 0 fully saturated rings. The summed E-state index contributed by atoms with van der Waals surface area (Å²) in [6.07, 6.45) is 0. The fraction of sp³-hybridized carbons (Fsp3) is 0.250. The van der Waals surface area contributed by atoms with Gasteiger partial charge in [0.05, 0.1) is 12.1 Å². The third-order valence-corrected chi connectivity index (χ3v) is 2.77. The van der Waals surface area contributed by atoms with Crippen LogP contribution >= 0.6 is 11.6 Å². The zero-order valence-electron chi connectivity index (χ0n) is 9.13. The molecule has 84 valence electrons. The van der Waals surface area contributed by atoms with Gasteiger partial charge >= 0.3 is 5.97 Å². The van der Waals surface area contributed by atoms with Gasteiger partial charge in [-0.3, -0.25) is 0 Å².